The van der Waals surface area contributed by atoms with Gasteiger partial charge in [0, 0.05) is 17.9 Å². The summed E-state index contributed by atoms with van der Waals surface area (Å²) in [4.78, 5) is 15.0. The van der Waals surface area contributed by atoms with E-state index in [2.05, 4.69) is 4.98 Å². The molecule has 0 bridgehead atoms. The molecule has 0 fully saturated rings. The number of pyridine rings is 1. The average molecular weight is 259 g/mol. The van der Waals surface area contributed by atoms with Crippen LogP contribution in [0.1, 0.15) is 24.6 Å². The van der Waals surface area contributed by atoms with Gasteiger partial charge < -0.3 is 9.84 Å². The van der Waals surface area contributed by atoms with Crippen molar-refractivity contribution in [1.29, 1.82) is 0 Å². The zero-order chi connectivity index (χ0) is 13.8. The van der Waals surface area contributed by atoms with Crippen molar-refractivity contribution >= 4 is 16.7 Å². The average Bonchev–Trinajstić information content (AvgIpc) is 2.43. The number of carboxylic acid groups (broad SMARTS) is 1. The maximum Gasteiger partial charge on any atom is 0.303 e. The molecule has 0 saturated carbocycles. The van der Waals surface area contributed by atoms with Crippen LogP contribution in [0.5, 0.6) is 5.88 Å². The summed E-state index contributed by atoms with van der Waals surface area (Å²) in [5.41, 5.74) is 2.00. The molecule has 19 heavy (non-hydrogen) atoms. The molecule has 4 heteroatoms. The minimum absolute atomic E-state index is 0.149. The summed E-state index contributed by atoms with van der Waals surface area (Å²) in [5, 5.41) is 10.9. The lowest BCUT2D eigenvalue weighted by molar-refractivity contribution is -0.136. The van der Waals surface area contributed by atoms with E-state index in [0.29, 0.717) is 12.3 Å². The largest absolute Gasteiger partial charge is 0.481 e. The summed E-state index contributed by atoms with van der Waals surface area (Å²) in [7, 11) is 1.61. The van der Waals surface area contributed by atoms with Crippen LogP contribution in [-0.2, 0) is 17.6 Å². The fourth-order valence-corrected chi connectivity index (χ4v) is 2.12. The molecule has 4 nitrogen and oxygen atoms in total. The van der Waals surface area contributed by atoms with Crippen molar-refractivity contribution in [3.63, 3.8) is 0 Å². The van der Waals surface area contributed by atoms with Gasteiger partial charge in [-0.1, -0.05) is 19.1 Å². The molecule has 0 aliphatic heterocycles. The number of fused-ring (bicyclic) bond motifs is 1. The van der Waals surface area contributed by atoms with E-state index in [9.17, 15) is 4.79 Å². The number of carboxylic acids is 1. The van der Waals surface area contributed by atoms with Crippen molar-refractivity contribution in [2.75, 3.05) is 7.11 Å². The molecule has 1 heterocycles. The Morgan fingerprint density at radius 1 is 1.37 bits per heavy atom. The van der Waals surface area contributed by atoms with E-state index in [1.54, 1.807) is 7.11 Å². The number of aromatic nitrogens is 1. The highest BCUT2D eigenvalue weighted by Crippen LogP contribution is 2.24. The molecule has 2 aromatic rings. The highest BCUT2D eigenvalue weighted by Gasteiger charge is 2.07. The van der Waals surface area contributed by atoms with E-state index in [-0.39, 0.29) is 6.42 Å². The second-order valence-electron chi connectivity index (χ2n) is 4.41. The lowest BCUT2D eigenvalue weighted by Crippen LogP contribution is -1.98. The first-order valence-corrected chi connectivity index (χ1v) is 6.32. The highest BCUT2D eigenvalue weighted by molar-refractivity contribution is 5.86. The first-order chi connectivity index (χ1) is 9.13. The third-order valence-electron chi connectivity index (χ3n) is 3.12. The molecule has 100 valence electrons. The Morgan fingerprint density at radius 2 is 2.16 bits per heavy atom. The van der Waals surface area contributed by atoms with Gasteiger partial charge >= 0.3 is 5.97 Å². The quantitative estimate of drug-likeness (QED) is 0.897. The van der Waals surface area contributed by atoms with Gasteiger partial charge in [-0.25, -0.2) is 4.98 Å². The number of ether oxygens (including phenoxy) is 1. The van der Waals surface area contributed by atoms with E-state index in [0.717, 1.165) is 28.5 Å². The SMILES string of the molecule is CCc1nc(OC)cc2ccc(CCC(=O)O)cc12. The van der Waals surface area contributed by atoms with Crippen LogP contribution < -0.4 is 4.74 Å². The predicted molar refractivity (Wildman–Crippen MR) is 73.6 cm³/mol. The Kier molecular flexibility index (Phi) is 4.00. The van der Waals surface area contributed by atoms with E-state index in [1.165, 1.54) is 0 Å². The number of rotatable bonds is 5. The van der Waals surface area contributed by atoms with Crippen LogP contribution in [0, 0.1) is 0 Å². The maximum atomic E-state index is 10.6. The smallest absolute Gasteiger partial charge is 0.303 e. The zero-order valence-corrected chi connectivity index (χ0v) is 11.1. The van der Waals surface area contributed by atoms with Crippen molar-refractivity contribution in [2.45, 2.75) is 26.2 Å². The number of carbonyl (C=O) groups is 1. The van der Waals surface area contributed by atoms with Crippen LogP contribution >= 0.6 is 0 Å². The topological polar surface area (TPSA) is 59.4 Å². The van der Waals surface area contributed by atoms with Crippen molar-refractivity contribution in [2.24, 2.45) is 0 Å². The molecular formula is C15H17NO3. The molecule has 0 aliphatic rings. The van der Waals surface area contributed by atoms with Crippen LogP contribution in [0.15, 0.2) is 24.3 Å². The summed E-state index contributed by atoms with van der Waals surface area (Å²) >= 11 is 0. The van der Waals surface area contributed by atoms with Gasteiger partial charge in [-0.3, -0.25) is 4.79 Å². The third kappa shape index (κ3) is 3.02. The van der Waals surface area contributed by atoms with Crippen LogP contribution in [0.4, 0.5) is 0 Å². The molecule has 1 aromatic carbocycles. The predicted octanol–water partition coefficient (Wildman–Crippen LogP) is 2.82. The van der Waals surface area contributed by atoms with Crippen molar-refractivity contribution in [3.8, 4) is 5.88 Å². The molecule has 0 spiro atoms. The monoisotopic (exact) mass is 259 g/mol. The molecule has 0 amide bonds. The molecule has 0 aliphatic carbocycles. The summed E-state index contributed by atoms with van der Waals surface area (Å²) in [6, 6.07) is 7.89. The summed E-state index contributed by atoms with van der Waals surface area (Å²) in [6.45, 7) is 2.05. The van der Waals surface area contributed by atoms with E-state index in [1.807, 2.05) is 31.2 Å². The minimum Gasteiger partial charge on any atom is -0.481 e. The van der Waals surface area contributed by atoms with Crippen LogP contribution in [0.3, 0.4) is 0 Å². The molecule has 0 atom stereocenters. The number of hydrogen-bond donors (Lipinski definition) is 1. The normalized spacial score (nSPS) is 10.6. The fraction of sp³-hybridized carbons (Fsp3) is 0.333. The molecule has 2 rings (SSSR count). The van der Waals surface area contributed by atoms with E-state index >= 15 is 0 Å². The molecule has 0 radical (unpaired) electrons. The summed E-state index contributed by atoms with van der Waals surface area (Å²) < 4.78 is 5.19. The van der Waals surface area contributed by atoms with E-state index in [4.69, 9.17) is 9.84 Å². The van der Waals surface area contributed by atoms with Gasteiger partial charge in [0.15, 0.2) is 0 Å². The summed E-state index contributed by atoms with van der Waals surface area (Å²) in [6.07, 6.45) is 1.51. The van der Waals surface area contributed by atoms with Gasteiger partial charge in [-0.15, -0.1) is 0 Å². The molecule has 0 saturated heterocycles. The second-order valence-corrected chi connectivity index (χ2v) is 4.41. The van der Waals surface area contributed by atoms with Crippen molar-refractivity contribution in [1.82, 2.24) is 4.98 Å². The lowest BCUT2D eigenvalue weighted by atomic mass is 10.0. The van der Waals surface area contributed by atoms with Gasteiger partial charge in [-0.05, 0) is 29.9 Å². The Balaban J connectivity index is 2.43. The lowest BCUT2D eigenvalue weighted by Gasteiger charge is -2.09. The van der Waals surface area contributed by atoms with Gasteiger partial charge in [0.05, 0.1) is 12.8 Å². The van der Waals surface area contributed by atoms with Gasteiger partial charge in [0.25, 0.3) is 0 Å². The fourth-order valence-electron chi connectivity index (χ4n) is 2.12. The van der Waals surface area contributed by atoms with Crippen LogP contribution in [-0.4, -0.2) is 23.2 Å². The number of benzene rings is 1. The highest BCUT2D eigenvalue weighted by atomic mass is 16.5. The van der Waals surface area contributed by atoms with Crippen molar-refractivity contribution < 1.29 is 14.6 Å². The first kappa shape index (κ1) is 13.3. The van der Waals surface area contributed by atoms with Gasteiger partial charge in [0.2, 0.25) is 5.88 Å². The summed E-state index contributed by atoms with van der Waals surface area (Å²) in [5.74, 6) is -0.161. The number of hydrogen-bond acceptors (Lipinski definition) is 3. The first-order valence-electron chi connectivity index (χ1n) is 6.32. The zero-order valence-electron chi connectivity index (χ0n) is 11.1. The van der Waals surface area contributed by atoms with E-state index < -0.39 is 5.97 Å². The van der Waals surface area contributed by atoms with Gasteiger partial charge in [-0.2, -0.15) is 0 Å². The Bertz CT molecular complexity index is 608. The standard InChI is InChI=1S/C15H17NO3/c1-3-13-12-8-10(5-7-15(17)18)4-6-11(12)9-14(16-13)19-2/h4,6,8-9H,3,5,7H2,1-2H3,(H,17,18). The van der Waals surface area contributed by atoms with Crippen LogP contribution in [0.25, 0.3) is 10.8 Å². The Hall–Kier alpha value is -2.10. The number of nitrogens with zero attached hydrogens (tertiary/aromatic N) is 1. The maximum absolute atomic E-state index is 10.6. The van der Waals surface area contributed by atoms with Crippen LogP contribution in [0.2, 0.25) is 0 Å². The number of aliphatic carboxylic acids is 1. The number of aryl methyl sites for hydroxylation is 2. The Labute approximate surface area is 112 Å². The molecule has 1 aromatic heterocycles. The molecular weight excluding hydrogens is 242 g/mol. The Morgan fingerprint density at radius 3 is 2.79 bits per heavy atom. The van der Waals surface area contributed by atoms with Crippen molar-refractivity contribution in [3.05, 3.63) is 35.5 Å². The third-order valence-corrected chi connectivity index (χ3v) is 3.12. The van der Waals surface area contributed by atoms with Gasteiger partial charge in [0.1, 0.15) is 0 Å². The molecule has 1 N–H and O–H groups in total. The second kappa shape index (κ2) is 5.69. The minimum atomic E-state index is -0.774. The molecule has 0 unspecified atom stereocenters. The number of methoxy groups -OCH3 is 1.